The highest BCUT2D eigenvalue weighted by Gasteiger charge is 2.31. The molecular weight excluding hydrogens is 282 g/mol. The molecule has 118 valence electrons. The van der Waals surface area contributed by atoms with Gasteiger partial charge in [-0.15, -0.1) is 11.3 Å². The molecule has 1 N–H and O–H groups in total. The van der Waals surface area contributed by atoms with Crippen LogP contribution < -0.4 is 10.2 Å². The van der Waals surface area contributed by atoms with E-state index in [-0.39, 0.29) is 5.54 Å². The Morgan fingerprint density at radius 2 is 2.14 bits per heavy atom. The highest BCUT2D eigenvalue weighted by Crippen LogP contribution is 2.44. The molecule has 5 heteroatoms. The lowest BCUT2D eigenvalue weighted by Crippen LogP contribution is -2.41. The van der Waals surface area contributed by atoms with E-state index in [4.69, 9.17) is 9.72 Å². The fourth-order valence-electron chi connectivity index (χ4n) is 2.63. The molecule has 3 rings (SSSR count). The third-order valence-corrected chi connectivity index (χ3v) is 5.10. The van der Waals surface area contributed by atoms with E-state index in [2.05, 4.69) is 37.9 Å². The van der Waals surface area contributed by atoms with Gasteiger partial charge in [0, 0.05) is 36.0 Å². The van der Waals surface area contributed by atoms with E-state index in [1.54, 1.807) is 0 Å². The van der Waals surface area contributed by atoms with Crippen LogP contribution in [0, 0.1) is 0 Å². The van der Waals surface area contributed by atoms with Gasteiger partial charge in [-0.25, -0.2) is 4.98 Å². The van der Waals surface area contributed by atoms with Crippen molar-refractivity contribution in [3.05, 3.63) is 10.6 Å². The maximum atomic E-state index is 5.64. The highest BCUT2D eigenvalue weighted by molar-refractivity contribution is 7.15. The fraction of sp³-hybridized carbons (Fsp3) is 0.812. The van der Waals surface area contributed by atoms with Gasteiger partial charge in [-0.3, -0.25) is 0 Å². The van der Waals surface area contributed by atoms with Crippen LogP contribution in [0.25, 0.3) is 0 Å². The zero-order chi connectivity index (χ0) is 15.0. The second kappa shape index (κ2) is 5.86. The van der Waals surface area contributed by atoms with E-state index >= 15 is 0 Å². The molecular formula is C16H27N3OS. The van der Waals surface area contributed by atoms with Crippen LogP contribution in [0.3, 0.4) is 0 Å². The summed E-state index contributed by atoms with van der Waals surface area (Å²) in [6, 6.07) is 0. The summed E-state index contributed by atoms with van der Waals surface area (Å²) in [5.41, 5.74) is 1.50. The Labute approximate surface area is 131 Å². The van der Waals surface area contributed by atoms with Crippen molar-refractivity contribution >= 4 is 16.5 Å². The van der Waals surface area contributed by atoms with Crippen LogP contribution >= 0.6 is 11.3 Å². The first kappa shape index (κ1) is 15.3. The Bertz CT molecular complexity index is 490. The topological polar surface area (TPSA) is 37.4 Å². The third-order valence-electron chi connectivity index (χ3n) is 3.97. The second-order valence-electron chi connectivity index (χ2n) is 7.31. The minimum absolute atomic E-state index is 0.151. The molecule has 4 nitrogen and oxygen atoms in total. The molecule has 21 heavy (non-hydrogen) atoms. The Morgan fingerprint density at radius 3 is 2.76 bits per heavy atom. The first-order valence-corrected chi connectivity index (χ1v) is 8.85. The minimum Gasteiger partial charge on any atom is -0.375 e. The van der Waals surface area contributed by atoms with Crippen molar-refractivity contribution in [3.8, 4) is 0 Å². The Hall–Kier alpha value is -0.650. The van der Waals surface area contributed by atoms with Crippen LogP contribution in [-0.2, 0) is 11.3 Å². The number of nitrogens with zero attached hydrogens (tertiary/aromatic N) is 2. The number of ether oxygens (including phenoxy) is 1. The fourth-order valence-corrected chi connectivity index (χ4v) is 3.75. The van der Waals surface area contributed by atoms with Crippen molar-refractivity contribution in [1.82, 2.24) is 10.3 Å². The van der Waals surface area contributed by atoms with E-state index < -0.39 is 0 Å². The lowest BCUT2D eigenvalue weighted by Gasteiger charge is -2.30. The molecule has 1 aromatic heterocycles. The Balaban J connectivity index is 1.76. The zero-order valence-corrected chi connectivity index (χ0v) is 14.4. The molecule has 2 fully saturated rings. The predicted molar refractivity (Wildman–Crippen MR) is 88.3 cm³/mol. The monoisotopic (exact) mass is 309 g/mol. The van der Waals surface area contributed by atoms with Gasteiger partial charge in [0.05, 0.1) is 18.4 Å². The molecule has 1 aromatic rings. The molecule has 1 unspecified atom stereocenters. The van der Waals surface area contributed by atoms with E-state index in [1.807, 2.05) is 11.3 Å². The van der Waals surface area contributed by atoms with Crippen LogP contribution in [0.5, 0.6) is 0 Å². The molecule has 1 atom stereocenters. The summed E-state index contributed by atoms with van der Waals surface area (Å²) in [5, 5.41) is 4.81. The highest BCUT2D eigenvalue weighted by atomic mass is 32.1. The summed E-state index contributed by atoms with van der Waals surface area (Å²) < 4.78 is 5.64. The number of hydrogen-bond acceptors (Lipinski definition) is 5. The molecule has 1 aliphatic heterocycles. The molecule has 1 saturated carbocycles. The number of hydrogen-bond donors (Lipinski definition) is 1. The predicted octanol–water partition coefficient (Wildman–Crippen LogP) is 3.13. The number of nitrogens with one attached hydrogen (secondary N) is 1. The van der Waals surface area contributed by atoms with Crippen LogP contribution in [0.4, 0.5) is 5.13 Å². The average molecular weight is 309 g/mol. The zero-order valence-electron chi connectivity index (χ0n) is 13.6. The largest absolute Gasteiger partial charge is 0.375 e. The molecule has 0 amide bonds. The molecule has 0 bridgehead atoms. The van der Waals surface area contributed by atoms with Crippen LogP contribution in [0.15, 0.2) is 0 Å². The number of thiazole rings is 1. The van der Waals surface area contributed by atoms with Gasteiger partial charge in [-0.1, -0.05) is 0 Å². The molecule has 0 aromatic carbocycles. The van der Waals surface area contributed by atoms with Gasteiger partial charge >= 0.3 is 0 Å². The van der Waals surface area contributed by atoms with E-state index in [0.717, 1.165) is 26.2 Å². The standard InChI is InChI=1S/C16H27N3OS/c1-11-10-19(7-8-20-11)15-18-14(12-5-6-12)13(21-15)9-17-16(2,3)4/h11-12,17H,5-10H2,1-4H3. The van der Waals surface area contributed by atoms with E-state index in [9.17, 15) is 0 Å². The van der Waals surface area contributed by atoms with Crippen LogP contribution in [0.1, 0.15) is 57.0 Å². The molecule has 1 saturated heterocycles. The minimum atomic E-state index is 0.151. The van der Waals surface area contributed by atoms with Gasteiger partial charge in [-0.05, 0) is 40.5 Å². The van der Waals surface area contributed by atoms with E-state index in [1.165, 1.54) is 28.5 Å². The lowest BCUT2D eigenvalue weighted by atomic mass is 10.1. The first-order valence-electron chi connectivity index (χ1n) is 8.03. The van der Waals surface area contributed by atoms with Gasteiger partial charge < -0.3 is 15.0 Å². The summed E-state index contributed by atoms with van der Waals surface area (Å²) >= 11 is 1.87. The van der Waals surface area contributed by atoms with Gasteiger partial charge in [0.25, 0.3) is 0 Å². The first-order chi connectivity index (χ1) is 9.92. The Kier molecular flexibility index (Phi) is 4.26. The van der Waals surface area contributed by atoms with Gasteiger partial charge in [0.15, 0.2) is 5.13 Å². The molecule has 2 heterocycles. The van der Waals surface area contributed by atoms with Crippen molar-refractivity contribution in [2.75, 3.05) is 24.6 Å². The number of anilines is 1. The normalized spacial score (nSPS) is 23.6. The van der Waals surface area contributed by atoms with Crippen LogP contribution in [0.2, 0.25) is 0 Å². The summed E-state index contributed by atoms with van der Waals surface area (Å²) in [5.74, 6) is 0.713. The third kappa shape index (κ3) is 3.96. The summed E-state index contributed by atoms with van der Waals surface area (Å²) in [4.78, 5) is 8.81. The van der Waals surface area contributed by atoms with E-state index in [0.29, 0.717) is 12.0 Å². The van der Waals surface area contributed by atoms with Gasteiger partial charge in [0.1, 0.15) is 0 Å². The van der Waals surface area contributed by atoms with Gasteiger partial charge in [-0.2, -0.15) is 0 Å². The average Bonchev–Trinajstić information content (AvgIpc) is 3.15. The number of morpholine rings is 1. The SMILES string of the molecule is CC1CN(c2nc(C3CC3)c(CNC(C)(C)C)s2)CCO1. The smallest absolute Gasteiger partial charge is 0.186 e. The van der Waals surface area contributed by atoms with Crippen molar-refractivity contribution in [1.29, 1.82) is 0 Å². The summed E-state index contributed by atoms with van der Waals surface area (Å²) in [6.45, 7) is 12.5. The van der Waals surface area contributed by atoms with Crippen LogP contribution in [-0.4, -0.2) is 36.3 Å². The molecule has 0 radical (unpaired) electrons. The molecule has 1 aliphatic carbocycles. The molecule has 2 aliphatic rings. The second-order valence-corrected chi connectivity index (χ2v) is 8.37. The Morgan fingerprint density at radius 1 is 1.38 bits per heavy atom. The van der Waals surface area contributed by atoms with Crippen molar-refractivity contribution in [2.45, 2.75) is 64.6 Å². The summed E-state index contributed by atoms with van der Waals surface area (Å²) in [6.07, 6.45) is 2.93. The number of rotatable bonds is 4. The summed E-state index contributed by atoms with van der Waals surface area (Å²) in [7, 11) is 0. The van der Waals surface area contributed by atoms with Gasteiger partial charge in [0.2, 0.25) is 0 Å². The lowest BCUT2D eigenvalue weighted by molar-refractivity contribution is 0.0532. The quantitative estimate of drug-likeness (QED) is 0.927. The van der Waals surface area contributed by atoms with Crippen molar-refractivity contribution < 1.29 is 4.74 Å². The van der Waals surface area contributed by atoms with Crippen molar-refractivity contribution in [2.24, 2.45) is 0 Å². The maximum Gasteiger partial charge on any atom is 0.186 e. The number of aromatic nitrogens is 1. The van der Waals surface area contributed by atoms with Crippen molar-refractivity contribution in [3.63, 3.8) is 0 Å². The maximum absolute atomic E-state index is 5.64. The molecule has 0 spiro atoms.